The quantitative estimate of drug-likeness (QED) is 0.0345. The van der Waals surface area contributed by atoms with Crippen LogP contribution in [0.5, 0.6) is 5.75 Å². The van der Waals surface area contributed by atoms with Crippen LogP contribution < -0.4 is 4.74 Å². The van der Waals surface area contributed by atoms with Crippen molar-refractivity contribution in [2.75, 3.05) is 7.11 Å². The predicted molar refractivity (Wildman–Crippen MR) is 480 cm³/mol. The number of nitrogens with zero attached hydrogens (tertiary/aromatic N) is 10. The second-order valence-corrected chi connectivity index (χ2v) is 32.5. The average Bonchev–Trinajstić information content (AvgIpc) is 1.42. The zero-order chi connectivity index (χ0) is 91.2. The van der Waals surface area contributed by atoms with E-state index < -0.39 is 29.8 Å². The lowest BCUT2D eigenvalue weighted by Gasteiger charge is -2.18. The Morgan fingerprint density at radius 1 is 0.323 bits per heavy atom. The normalized spacial score (nSPS) is 10.8. The molecule has 26 nitrogen and oxygen atoms in total. The number of methoxy groups -OCH3 is 1. The van der Waals surface area contributed by atoms with Crippen LogP contribution in [-0.4, -0.2) is 87.7 Å². The number of esters is 5. The topological polar surface area (TPSA) is 335 Å². The van der Waals surface area contributed by atoms with Gasteiger partial charge in [-0.15, -0.1) is 0 Å². The first kappa shape index (κ1) is 95.6. The van der Waals surface area contributed by atoms with Gasteiger partial charge in [0.05, 0.1) is 60.0 Å². The molecule has 0 aliphatic carbocycles. The van der Waals surface area contributed by atoms with E-state index in [4.69, 9.17) is 167 Å². The Bertz CT molecular complexity index is 6210. The first-order chi connectivity index (χ1) is 60.7. The highest BCUT2D eigenvalue weighted by Crippen LogP contribution is 2.33. The minimum absolute atomic E-state index is 0.0193. The maximum atomic E-state index is 12.1. The molecule has 0 atom stereocenters. The molecule has 652 valence electrons. The molecule has 0 radical (unpaired) electrons. The summed E-state index contributed by atoms with van der Waals surface area (Å²) >= 11 is 58.5. The van der Waals surface area contributed by atoms with Crippen LogP contribution in [0.15, 0.2) is 223 Å². The Balaban J connectivity index is 0.000000154. The van der Waals surface area contributed by atoms with Gasteiger partial charge in [-0.1, -0.05) is 266 Å². The second-order valence-electron chi connectivity index (χ2n) is 28.5. The molecule has 10 heterocycles. The van der Waals surface area contributed by atoms with Crippen molar-refractivity contribution in [1.29, 1.82) is 0 Å². The first-order valence-electron chi connectivity index (χ1n) is 37.9. The van der Waals surface area contributed by atoms with Crippen LogP contribution in [0.25, 0.3) is 56.3 Å². The van der Waals surface area contributed by atoms with Gasteiger partial charge < -0.3 is 51.0 Å². The molecule has 15 aromatic rings. The third kappa shape index (κ3) is 27.2. The van der Waals surface area contributed by atoms with Crippen LogP contribution in [0.4, 0.5) is 0 Å². The van der Waals surface area contributed by atoms with E-state index in [1.807, 2.05) is 113 Å². The first-order valence-corrected chi connectivity index (χ1v) is 41.7. The third-order valence-corrected chi connectivity index (χ3v) is 20.6. The highest BCUT2D eigenvalue weighted by molar-refractivity contribution is 6.37. The van der Waals surface area contributed by atoms with Gasteiger partial charge in [0, 0.05) is 89.1 Å². The summed E-state index contributed by atoms with van der Waals surface area (Å²) in [4.78, 5) is 79.5. The minimum atomic E-state index is -0.651. The molecule has 0 fully saturated rings. The zero-order valence-electron chi connectivity index (χ0n) is 68.6. The Morgan fingerprint density at radius 2 is 0.575 bits per heavy atom. The molecule has 36 heteroatoms. The van der Waals surface area contributed by atoms with E-state index in [0.717, 1.165) is 56.7 Å². The predicted octanol–water partition coefficient (Wildman–Crippen LogP) is 25.1. The molecular formula is C91H72Cl10N10O16. The fraction of sp³-hybridized carbons (Fsp3) is 0.176. The molecular weight excluding hydrogens is 1840 g/mol. The van der Waals surface area contributed by atoms with E-state index in [2.05, 4.69) is 103 Å². The molecule has 0 N–H and O–H groups in total. The van der Waals surface area contributed by atoms with Gasteiger partial charge in [-0.3, -0.25) is 0 Å². The number of aromatic nitrogens is 10. The number of rotatable bonds is 22. The summed E-state index contributed by atoms with van der Waals surface area (Å²) in [6.45, 7) is 16.3. The van der Waals surface area contributed by atoms with E-state index >= 15 is 0 Å². The van der Waals surface area contributed by atoms with Gasteiger partial charge in [0.1, 0.15) is 60.0 Å². The van der Waals surface area contributed by atoms with Crippen molar-refractivity contribution in [2.45, 2.75) is 100 Å². The van der Waals surface area contributed by atoms with Gasteiger partial charge in [-0.05, 0) is 116 Å². The van der Waals surface area contributed by atoms with Crippen molar-refractivity contribution in [1.82, 2.24) is 50.7 Å². The Kier molecular flexibility index (Phi) is 33.8. The summed E-state index contributed by atoms with van der Waals surface area (Å²) in [5.41, 5.74) is 15.6. The van der Waals surface area contributed by atoms with Crippen molar-refractivity contribution in [2.24, 2.45) is 0 Å². The number of benzene rings is 5. The summed E-state index contributed by atoms with van der Waals surface area (Å²) in [6.07, 6.45) is 7.74. The minimum Gasteiger partial charge on any atom is -0.497 e. The van der Waals surface area contributed by atoms with Crippen LogP contribution in [0.3, 0.4) is 0 Å². The lowest BCUT2D eigenvalue weighted by molar-refractivity contribution is 0.0429. The van der Waals surface area contributed by atoms with Gasteiger partial charge in [-0.2, -0.15) is 0 Å². The number of carbonyl (C=O) groups is 5. The molecule has 0 amide bonds. The number of halogens is 10. The molecule has 0 spiro atoms. The van der Waals surface area contributed by atoms with Gasteiger partial charge >= 0.3 is 29.8 Å². The van der Waals surface area contributed by atoms with Gasteiger partial charge in [-0.25, -0.2) is 48.9 Å². The summed E-state index contributed by atoms with van der Waals surface area (Å²) < 4.78 is 57.2. The Labute approximate surface area is 776 Å². The summed E-state index contributed by atoms with van der Waals surface area (Å²) in [6, 6.07) is 51.2. The van der Waals surface area contributed by atoms with Crippen LogP contribution in [0.2, 0.25) is 50.9 Å². The van der Waals surface area contributed by atoms with Crippen molar-refractivity contribution < 1.29 is 75.0 Å². The number of pyridine rings is 5. The lowest BCUT2D eigenvalue weighted by Crippen LogP contribution is -2.10. The smallest absolute Gasteiger partial charge is 0.341 e. The van der Waals surface area contributed by atoms with Crippen LogP contribution in [-0.2, 0) is 68.6 Å². The average molecular weight is 1920 g/mol. The molecule has 15 rings (SSSR count). The molecule has 0 bridgehead atoms. The lowest BCUT2D eigenvalue weighted by atomic mass is 9.86. The van der Waals surface area contributed by atoms with E-state index in [1.165, 1.54) is 78.0 Å². The molecule has 0 saturated carbocycles. The molecule has 0 aliphatic rings. The van der Waals surface area contributed by atoms with E-state index in [1.54, 1.807) is 37.4 Å². The molecule has 5 aromatic carbocycles. The van der Waals surface area contributed by atoms with Gasteiger partial charge in [0.2, 0.25) is 0 Å². The van der Waals surface area contributed by atoms with Crippen LogP contribution in [0, 0.1) is 27.7 Å². The number of hydrogen-bond acceptors (Lipinski definition) is 26. The van der Waals surface area contributed by atoms with E-state index in [0.29, 0.717) is 77.4 Å². The number of hydrogen-bond donors (Lipinski definition) is 0. The van der Waals surface area contributed by atoms with Crippen molar-refractivity contribution >= 4 is 146 Å². The monoisotopic (exact) mass is 1910 g/mol. The standard InChI is InChI=1S/C20H18Cl2N2O3.C19H16Cl2N2O3.C18H14Cl2N2O3.C17H12Cl2N2O4.C17H12Cl2N2O3/c1-20(2,3)13-6-4-12(5-7-13)17-9-15(27-24-17)11-26-19(25)16-8-14(21)10-23-18(16)22;1-10-4-11(2)17(12(3)5-10)16-7-14(26-23-16)9-25-19(24)15-6-13(20)8-22-18(15)21;1-2-11-3-5-12(6-4-11)16-8-14(25-22-16)10-24-18(23)15-7-13(19)9-21-17(15)20;1-23-12-4-2-10(3-5-12)15-7-13(25-21-15)9-24-17(22)14-6-11(18)8-20-16(14)19;1-10-2-4-11(5-3-10)15-7-13(24-21-15)9-23-17(22)14-6-12(18)8-20-16(14)19/h4-10H,11H2,1-3H3;4-8H,9H2,1-3H3;3-9H,2,10H2,1H3;2-8H,9H2,1H3;2-8H,9H2,1H3. The summed E-state index contributed by atoms with van der Waals surface area (Å²) in [7, 11) is 1.60. The molecule has 0 unspecified atom stereocenters. The van der Waals surface area contributed by atoms with Crippen molar-refractivity contribution in [3.05, 3.63) is 342 Å². The maximum absolute atomic E-state index is 12.1. The van der Waals surface area contributed by atoms with Gasteiger partial charge in [0.25, 0.3) is 0 Å². The number of ether oxygens (including phenoxy) is 6. The fourth-order valence-corrected chi connectivity index (χ4v) is 13.3. The molecule has 10 aromatic heterocycles. The fourth-order valence-electron chi connectivity index (χ4n) is 11.6. The molecule has 0 aliphatic heterocycles. The molecule has 0 saturated heterocycles. The summed E-state index contributed by atoms with van der Waals surface area (Å²) in [5.74, 6) is -0.356. The Hall–Kier alpha value is -12.1. The van der Waals surface area contributed by atoms with E-state index in [-0.39, 0.29) is 97.1 Å². The highest BCUT2D eigenvalue weighted by atomic mass is 35.5. The summed E-state index contributed by atoms with van der Waals surface area (Å²) in [5, 5.41) is 21.7. The van der Waals surface area contributed by atoms with Gasteiger partial charge in [0.15, 0.2) is 61.8 Å². The highest BCUT2D eigenvalue weighted by Gasteiger charge is 2.24. The largest absolute Gasteiger partial charge is 0.497 e. The zero-order valence-corrected chi connectivity index (χ0v) is 76.1. The van der Waals surface area contributed by atoms with Crippen LogP contribution in [0.1, 0.15) is 142 Å². The molecule has 127 heavy (non-hydrogen) atoms. The SMILES string of the molecule is CC(C)(C)c1ccc(-c2cc(COC(=O)c3cc(Cl)cnc3Cl)on2)cc1.CCc1ccc(-c2cc(COC(=O)c3cc(Cl)cnc3Cl)on2)cc1.COc1ccc(-c2cc(COC(=O)c3cc(Cl)cnc3Cl)on2)cc1.Cc1cc(C)c(-c2cc(COC(=O)c3cc(Cl)cnc3Cl)on2)c(C)c1.Cc1ccc(-c2cc(COC(=O)c3cc(Cl)cnc3Cl)on2)cc1. The number of aryl methyl sites for hydroxylation is 5. The van der Waals surface area contributed by atoms with E-state index in [9.17, 15) is 24.0 Å². The maximum Gasteiger partial charge on any atom is 0.341 e. The van der Waals surface area contributed by atoms with Crippen molar-refractivity contribution in [3.63, 3.8) is 0 Å². The second kappa shape index (κ2) is 44.9. The Morgan fingerprint density at radius 3 is 0.843 bits per heavy atom. The van der Waals surface area contributed by atoms with Crippen LogP contribution >= 0.6 is 116 Å². The van der Waals surface area contributed by atoms with Crippen molar-refractivity contribution in [3.8, 4) is 62.0 Å². The number of carbonyl (C=O) groups excluding carboxylic acids is 5. The third-order valence-electron chi connectivity index (χ3n) is 18.0.